The number of rotatable bonds is 3. The van der Waals surface area contributed by atoms with Crippen LogP contribution in [-0.4, -0.2) is 12.1 Å². The van der Waals surface area contributed by atoms with E-state index in [9.17, 15) is 4.79 Å². The molecule has 0 atom stereocenters. The summed E-state index contributed by atoms with van der Waals surface area (Å²) in [6.45, 7) is 3.58. The second kappa shape index (κ2) is 5.87. The normalized spacial score (nSPS) is 11.1. The van der Waals surface area contributed by atoms with Crippen molar-refractivity contribution in [3.8, 4) is 0 Å². The van der Waals surface area contributed by atoms with E-state index >= 15 is 0 Å². The minimum Gasteiger partial charge on any atom is -0.273 e. The van der Waals surface area contributed by atoms with Crippen LogP contribution in [0.4, 0.5) is 0 Å². The van der Waals surface area contributed by atoms with E-state index in [0.717, 1.165) is 0 Å². The van der Waals surface area contributed by atoms with Gasteiger partial charge in [0.25, 0.3) is 0 Å². The zero-order chi connectivity index (χ0) is 12.1. The highest BCUT2D eigenvalue weighted by Gasteiger charge is 2.04. The molecule has 0 aromatic heterocycles. The van der Waals surface area contributed by atoms with Crippen molar-refractivity contribution in [2.45, 2.75) is 13.8 Å². The third kappa shape index (κ3) is 3.83. The fourth-order valence-electron chi connectivity index (χ4n) is 0.901. The van der Waals surface area contributed by atoms with E-state index in [0.29, 0.717) is 15.6 Å². The SMILES string of the molecule is CC(C)C(=O)NN=Cc1ccc(Cl)cc1Cl. The van der Waals surface area contributed by atoms with Crippen molar-refractivity contribution in [1.82, 2.24) is 5.43 Å². The first kappa shape index (κ1) is 13.0. The second-order valence-corrected chi connectivity index (χ2v) is 4.40. The van der Waals surface area contributed by atoms with Gasteiger partial charge in [-0.2, -0.15) is 5.10 Å². The van der Waals surface area contributed by atoms with Crippen LogP contribution in [0.25, 0.3) is 0 Å². The molecule has 1 amide bonds. The number of hydrazone groups is 1. The van der Waals surface area contributed by atoms with Crippen LogP contribution in [0.2, 0.25) is 10.0 Å². The van der Waals surface area contributed by atoms with Crippen molar-refractivity contribution in [3.63, 3.8) is 0 Å². The molecule has 1 rings (SSSR count). The van der Waals surface area contributed by atoms with Crippen LogP contribution in [0.15, 0.2) is 23.3 Å². The first-order chi connectivity index (χ1) is 7.50. The summed E-state index contributed by atoms with van der Waals surface area (Å²) in [4.78, 5) is 11.2. The van der Waals surface area contributed by atoms with Gasteiger partial charge in [0.15, 0.2) is 0 Å². The summed E-state index contributed by atoms with van der Waals surface area (Å²) in [6.07, 6.45) is 1.49. The minimum absolute atomic E-state index is 0.0992. The second-order valence-electron chi connectivity index (χ2n) is 3.55. The number of carbonyl (C=O) groups is 1. The molecule has 1 aromatic carbocycles. The predicted octanol–water partition coefficient (Wildman–Crippen LogP) is 3.10. The maximum atomic E-state index is 11.2. The summed E-state index contributed by atoms with van der Waals surface area (Å²) in [7, 11) is 0. The average molecular weight is 259 g/mol. The van der Waals surface area contributed by atoms with Crippen LogP contribution < -0.4 is 5.43 Å². The smallest absolute Gasteiger partial charge is 0.242 e. The molecule has 5 heteroatoms. The van der Waals surface area contributed by atoms with Gasteiger partial charge in [-0.3, -0.25) is 4.79 Å². The molecule has 3 nitrogen and oxygen atoms in total. The Kier molecular flexibility index (Phi) is 4.77. The Labute approximate surface area is 104 Å². The molecule has 0 aliphatic carbocycles. The van der Waals surface area contributed by atoms with Crippen LogP contribution in [-0.2, 0) is 4.79 Å². The largest absolute Gasteiger partial charge is 0.273 e. The maximum absolute atomic E-state index is 11.2. The number of halogens is 2. The van der Waals surface area contributed by atoms with Crippen LogP contribution >= 0.6 is 23.2 Å². The Morgan fingerprint density at radius 2 is 2.12 bits per heavy atom. The van der Waals surface area contributed by atoms with Gasteiger partial charge in [0.2, 0.25) is 5.91 Å². The monoisotopic (exact) mass is 258 g/mol. The number of nitrogens with one attached hydrogen (secondary N) is 1. The molecule has 0 spiro atoms. The lowest BCUT2D eigenvalue weighted by molar-refractivity contribution is -0.123. The van der Waals surface area contributed by atoms with Gasteiger partial charge >= 0.3 is 0 Å². The van der Waals surface area contributed by atoms with E-state index in [1.54, 1.807) is 32.0 Å². The highest BCUT2D eigenvalue weighted by atomic mass is 35.5. The van der Waals surface area contributed by atoms with Gasteiger partial charge in [-0.05, 0) is 12.1 Å². The molecule has 0 aliphatic rings. The summed E-state index contributed by atoms with van der Waals surface area (Å²) < 4.78 is 0. The average Bonchev–Trinajstić information content (AvgIpc) is 2.20. The topological polar surface area (TPSA) is 41.5 Å². The standard InChI is InChI=1S/C11H12Cl2N2O/c1-7(2)11(16)15-14-6-8-3-4-9(12)5-10(8)13/h3-7H,1-2H3,(H,15,16). The molecule has 0 saturated carbocycles. The van der Waals surface area contributed by atoms with Crippen molar-refractivity contribution in [2.24, 2.45) is 11.0 Å². The molecule has 0 unspecified atom stereocenters. The highest BCUT2D eigenvalue weighted by Crippen LogP contribution is 2.19. The number of benzene rings is 1. The van der Waals surface area contributed by atoms with Gasteiger partial charge in [0, 0.05) is 16.5 Å². The molecule has 1 N–H and O–H groups in total. The molecule has 16 heavy (non-hydrogen) atoms. The Hall–Kier alpha value is -1.06. The molecule has 86 valence electrons. The summed E-state index contributed by atoms with van der Waals surface area (Å²) >= 11 is 11.7. The third-order valence-corrected chi connectivity index (χ3v) is 2.43. The molecule has 0 radical (unpaired) electrons. The van der Waals surface area contributed by atoms with Gasteiger partial charge in [0.1, 0.15) is 0 Å². The fraction of sp³-hybridized carbons (Fsp3) is 0.273. The highest BCUT2D eigenvalue weighted by molar-refractivity contribution is 6.36. The van der Waals surface area contributed by atoms with E-state index in [2.05, 4.69) is 10.5 Å². The predicted molar refractivity (Wildman–Crippen MR) is 67.0 cm³/mol. The van der Waals surface area contributed by atoms with Crippen molar-refractivity contribution in [2.75, 3.05) is 0 Å². The number of hydrogen-bond donors (Lipinski definition) is 1. The lowest BCUT2D eigenvalue weighted by Gasteiger charge is -2.02. The first-order valence-corrected chi connectivity index (χ1v) is 5.54. The lowest BCUT2D eigenvalue weighted by atomic mass is 10.2. The van der Waals surface area contributed by atoms with Gasteiger partial charge in [-0.1, -0.05) is 43.1 Å². The maximum Gasteiger partial charge on any atom is 0.242 e. The summed E-state index contributed by atoms with van der Waals surface area (Å²) in [6, 6.07) is 5.06. The zero-order valence-corrected chi connectivity index (χ0v) is 10.5. The number of amides is 1. The first-order valence-electron chi connectivity index (χ1n) is 4.78. The fourth-order valence-corrected chi connectivity index (χ4v) is 1.36. The molecular formula is C11H12Cl2N2O. The van der Waals surface area contributed by atoms with E-state index in [4.69, 9.17) is 23.2 Å². The Bertz CT molecular complexity index is 416. The summed E-state index contributed by atoms with van der Waals surface area (Å²) in [5, 5.41) is 4.86. The van der Waals surface area contributed by atoms with Gasteiger partial charge in [-0.15, -0.1) is 0 Å². The molecule has 1 aromatic rings. The zero-order valence-electron chi connectivity index (χ0n) is 9.00. The number of hydrogen-bond acceptors (Lipinski definition) is 2. The number of nitrogens with zero attached hydrogens (tertiary/aromatic N) is 1. The molecular weight excluding hydrogens is 247 g/mol. The van der Waals surface area contributed by atoms with E-state index in [1.165, 1.54) is 6.21 Å². The van der Waals surface area contributed by atoms with Gasteiger partial charge in [0.05, 0.1) is 11.2 Å². The van der Waals surface area contributed by atoms with Crippen molar-refractivity contribution >= 4 is 35.3 Å². The quantitative estimate of drug-likeness (QED) is 0.657. The minimum atomic E-state index is -0.138. The van der Waals surface area contributed by atoms with Crippen LogP contribution in [0.1, 0.15) is 19.4 Å². The van der Waals surface area contributed by atoms with Crippen molar-refractivity contribution < 1.29 is 4.79 Å². The Balaban J connectivity index is 2.66. The van der Waals surface area contributed by atoms with Crippen LogP contribution in [0.5, 0.6) is 0 Å². The summed E-state index contributed by atoms with van der Waals surface area (Å²) in [5.41, 5.74) is 3.12. The van der Waals surface area contributed by atoms with Crippen LogP contribution in [0.3, 0.4) is 0 Å². The Morgan fingerprint density at radius 1 is 1.44 bits per heavy atom. The molecule has 0 fully saturated rings. The van der Waals surface area contributed by atoms with Crippen LogP contribution in [0, 0.1) is 5.92 Å². The lowest BCUT2D eigenvalue weighted by Crippen LogP contribution is -2.22. The molecule has 0 heterocycles. The molecule has 0 aliphatic heterocycles. The Morgan fingerprint density at radius 3 is 2.69 bits per heavy atom. The van der Waals surface area contributed by atoms with E-state index < -0.39 is 0 Å². The number of carbonyl (C=O) groups excluding carboxylic acids is 1. The molecule has 0 bridgehead atoms. The van der Waals surface area contributed by atoms with Crippen molar-refractivity contribution in [3.05, 3.63) is 33.8 Å². The molecule has 0 saturated heterocycles. The van der Waals surface area contributed by atoms with Gasteiger partial charge < -0.3 is 0 Å². The third-order valence-electron chi connectivity index (χ3n) is 1.87. The van der Waals surface area contributed by atoms with Gasteiger partial charge in [-0.25, -0.2) is 5.43 Å². The van der Waals surface area contributed by atoms with Crippen molar-refractivity contribution in [1.29, 1.82) is 0 Å². The van der Waals surface area contributed by atoms with E-state index in [-0.39, 0.29) is 11.8 Å². The summed E-state index contributed by atoms with van der Waals surface area (Å²) in [5.74, 6) is -0.237. The van der Waals surface area contributed by atoms with E-state index in [1.807, 2.05) is 0 Å².